The molecule has 2 aromatic carbocycles. The first-order chi connectivity index (χ1) is 15.9. The van der Waals surface area contributed by atoms with Gasteiger partial charge in [0.2, 0.25) is 0 Å². The van der Waals surface area contributed by atoms with Gasteiger partial charge in [0.05, 0.1) is 13.7 Å². The van der Waals surface area contributed by atoms with E-state index in [-0.39, 0.29) is 5.70 Å². The van der Waals surface area contributed by atoms with Crippen molar-refractivity contribution < 1.29 is 14.3 Å². The van der Waals surface area contributed by atoms with Gasteiger partial charge in [0.15, 0.2) is 0 Å². The molecule has 0 saturated carbocycles. The Morgan fingerprint density at radius 1 is 0.824 bits per heavy atom. The molecule has 0 aliphatic carbocycles. The van der Waals surface area contributed by atoms with Gasteiger partial charge in [-0.2, -0.15) is 0 Å². The lowest BCUT2D eigenvalue weighted by atomic mass is 9.86. The first-order valence-corrected chi connectivity index (χ1v) is 11.4. The highest BCUT2D eigenvalue weighted by atomic mass is 16.5. The number of rotatable bonds is 4. The summed E-state index contributed by atoms with van der Waals surface area (Å²) in [4.78, 5) is 18.5. The number of cyclic esters (lactones) is 1. The maximum Gasteiger partial charge on any atom is 0.342 e. The second-order valence-electron chi connectivity index (χ2n) is 9.30. The van der Waals surface area contributed by atoms with Crippen LogP contribution in [0.1, 0.15) is 55.6 Å². The lowest BCUT2D eigenvalue weighted by Gasteiger charge is -2.24. The second kappa shape index (κ2) is 9.02. The molecule has 5 heteroatoms. The van der Waals surface area contributed by atoms with E-state index in [1.807, 2.05) is 47.9 Å². The van der Waals surface area contributed by atoms with Gasteiger partial charge in [-0.15, -0.1) is 0 Å². The Hall–Kier alpha value is -3.52. The maximum atomic E-state index is 12.8. The molecule has 0 bridgehead atoms. The number of ether oxygens (including phenoxy) is 2. The van der Waals surface area contributed by atoms with Gasteiger partial charge < -0.3 is 14.4 Å². The largest absolute Gasteiger partial charge is 0.496 e. The lowest BCUT2D eigenvalue weighted by Crippen LogP contribution is -2.14. The molecule has 0 unspecified atom stereocenters. The Kier molecular flexibility index (Phi) is 6.66. The third-order valence-electron chi connectivity index (χ3n) is 7.37. The third kappa shape index (κ3) is 3.68. The summed E-state index contributed by atoms with van der Waals surface area (Å²) in [5.41, 5.74) is 12.2. The highest BCUT2D eigenvalue weighted by Gasteiger charge is 2.35. The molecule has 0 fully saturated rings. The number of allylic oxidation sites excluding steroid dienone is 1. The minimum Gasteiger partial charge on any atom is -0.496 e. The van der Waals surface area contributed by atoms with Gasteiger partial charge in [0, 0.05) is 25.4 Å². The van der Waals surface area contributed by atoms with E-state index in [1.165, 1.54) is 16.8 Å². The summed E-state index contributed by atoms with van der Waals surface area (Å²) in [6.45, 7) is 24.2. The topological polar surface area (TPSA) is 43.1 Å². The van der Waals surface area contributed by atoms with E-state index < -0.39 is 5.97 Å². The molecule has 34 heavy (non-hydrogen) atoms. The number of benzene rings is 2. The first kappa shape index (κ1) is 25.1. The van der Waals surface area contributed by atoms with E-state index in [2.05, 4.69) is 37.4 Å². The summed E-state index contributed by atoms with van der Waals surface area (Å²) in [6.07, 6.45) is 1.93. The Labute approximate surface area is 203 Å². The molecule has 0 spiro atoms. The summed E-state index contributed by atoms with van der Waals surface area (Å²) in [7, 11) is 5.76. The number of carbonyl (C=O) groups excluding carboxylic acids is 1. The third-order valence-corrected chi connectivity index (χ3v) is 7.37. The van der Waals surface area contributed by atoms with Crippen molar-refractivity contribution in [2.24, 2.45) is 0 Å². The van der Waals surface area contributed by atoms with Crippen LogP contribution in [0.2, 0.25) is 0 Å². The van der Waals surface area contributed by atoms with Gasteiger partial charge in [0.1, 0.15) is 11.5 Å². The van der Waals surface area contributed by atoms with Gasteiger partial charge in [-0.3, -0.25) is 4.79 Å². The monoisotopic (exact) mass is 458 g/mol. The first-order valence-electron chi connectivity index (χ1n) is 11.4. The summed E-state index contributed by atoms with van der Waals surface area (Å²) in [5, 5.41) is 0. The molecule has 3 rings (SSSR count). The summed E-state index contributed by atoms with van der Waals surface area (Å²) in [6, 6.07) is 0. The Bertz CT molecular complexity index is 1280. The highest BCUT2D eigenvalue weighted by molar-refractivity contribution is 6.10. The van der Waals surface area contributed by atoms with Crippen LogP contribution in [0.25, 0.3) is 16.5 Å². The van der Waals surface area contributed by atoms with Crippen molar-refractivity contribution in [2.75, 3.05) is 26.1 Å². The number of hydrogen-bond acceptors (Lipinski definition) is 4. The van der Waals surface area contributed by atoms with Crippen LogP contribution in [-0.2, 0) is 9.53 Å². The molecule has 0 radical (unpaired) electrons. The summed E-state index contributed by atoms with van der Waals surface area (Å²) in [5.74, 6) is 0.653. The lowest BCUT2D eigenvalue weighted by molar-refractivity contribution is -0.132. The van der Waals surface area contributed by atoms with E-state index in [4.69, 9.17) is 16.0 Å². The molecular formula is C29H34N2O3. The Morgan fingerprint density at radius 2 is 1.32 bits per heavy atom. The van der Waals surface area contributed by atoms with Crippen LogP contribution in [0.5, 0.6) is 5.75 Å². The maximum absolute atomic E-state index is 12.8. The number of hydrogen-bond donors (Lipinski definition) is 0. The van der Waals surface area contributed by atoms with Gasteiger partial charge in [0.25, 0.3) is 5.70 Å². The van der Waals surface area contributed by atoms with Crippen LogP contribution in [0.3, 0.4) is 0 Å². The zero-order chi connectivity index (χ0) is 25.6. The second-order valence-corrected chi connectivity index (χ2v) is 9.30. The van der Waals surface area contributed by atoms with Crippen LogP contribution < -0.4 is 9.64 Å². The fourth-order valence-electron chi connectivity index (χ4n) is 5.16. The van der Waals surface area contributed by atoms with E-state index in [9.17, 15) is 4.79 Å². The minimum absolute atomic E-state index is 0.0232. The van der Waals surface area contributed by atoms with Crippen LogP contribution in [0.15, 0.2) is 11.5 Å². The molecule has 0 aromatic heterocycles. The molecule has 0 N–H and O–H groups in total. The molecule has 5 nitrogen and oxygen atoms in total. The smallest absolute Gasteiger partial charge is 0.342 e. The van der Waals surface area contributed by atoms with Crippen molar-refractivity contribution in [2.45, 2.75) is 55.4 Å². The van der Waals surface area contributed by atoms with Crippen LogP contribution in [0.4, 0.5) is 5.69 Å². The number of nitrogens with zero attached hydrogens (tertiary/aromatic N) is 2. The van der Waals surface area contributed by atoms with Crippen LogP contribution >= 0.6 is 0 Å². The summed E-state index contributed by atoms with van der Waals surface area (Å²) < 4.78 is 11.4. The molecule has 1 aliphatic heterocycles. The molecular weight excluding hydrogens is 424 g/mol. The molecule has 0 atom stereocenters. The predicted molar refractivity (Wildman–Crippen MR) is 139 cm³/mol. The molecule has 0 saturated heterocycles. The average molecular weight is 459 g/mol. The minimum atomic E-state index is -0.602. The molecule has 1 aliphatic rings. The number of anilines is 1. The van der Waals surface area contributed by atoms with Gasteiger partial charge in [-0.1, -0.05) is 0 Å². The van der Waals surface area contributed by atoms with Crippen molar-refractivity contribution in [1.82, 2.24) is 0 Å². The zero-order valence-electron chi connectivity index (χ0n) is 22.2. The SMILES string of the molecule is [C-]#[N+]C1=C(c2c(C)c(C)c(OC)c(C)c2C)/C(=C/c2c(C)c(C)c(N(C)C)c(C)c2C)OC1=O. The normalized spacial score (nSPS) is 14.5. The number of carbonyl (C=O) groups is 1. The fraction of sp³-hybridized carbons (Fsp3) is 0.379. The van der Waals surface area contributed by atoms with Crippen molar-refractivity contribution in [3.63, 3.8) is 0 Å². The number of esters is 1. The average Bonchev–Trinajstić information content (AvgIpc) is 3.09. The van der Waals surface area contributed by atoms with Gasteiger partial charge in [-0.05, 0) is 117 Å². The number of methoxy groups -OCH3 is 1. The van der Waals surface area contributed by atoms with Crippen molar-refractivity contribution in [3.05, 3.63) is 78.5 Å². The van der Waals surface area contributed by atoms with E-state index in [1.54, 1.807) is 7.11 Å². The van der Waals surface area contributed by atoms with Crippen molar-refractivity contribution in [1.29, 1.82) is 0 Å². The predicted octanol–water partition coefficient (Wildman–Crippen LogP) is 6.46. The van der Waals surface area contributed by atoms with E-state index >= 15 is 0 Å². The Balaban J connectivity index is 2.39. The zero-order valence-corrected chi connectivity index (χ0v) is 22.2. The van der Waals surface area contributed by atoms with Crippen LogP contribution in [-0.4, -0.2) is 27.2 Å². The van der Waals surface area contributed by atoms with Gasteiger partial charge >= 0.3 is 5.97 Å². The quantitative estimate of drug-likeness (QED) is 0.390. The molecule has 0 amide bonds. The van der Waals surface area contributed by atoms with E-state index in [0.717, 1.165) is 50.3 Å². The summed E-state index contributed by atoms with van der Waals surface area (Å²) >= 11 is 0. The molecule has 1 heterocycles. The van der Waals surface area contributed by atoms with Crippen molar-refractivity contribution >= 4 is 23.3 Å². The van der Waals surface area contributed by atoms with Crippen LogP contribution in [0, 0.1) is 62.0 Å². The molecule has 2 aromatic rings. The Morgan fingerprint density at radius 3 is 1.74 bits per heavy atom. The molecule has 178 valence electrons. The van der Waals surface area contributed by atoms with E-state index in [0.29, 0.717) is 11.3 Å². The highest BCUT2D eigenvalue weighted by Crippen LogP contribution is 2.44. The standard InChI is InChI=1S/C29H34N2O3/c1-14-18(5)27(31(10)11)19(6)15(2)22(14)13-23-25(26(30-9)29(32)34-23)24-16(3)20(7)28(33-12)21(8)17(24)4/h13H,1-8,10-12H3/b23-13-. The fourth-order valence-corrected chi connectivity index (χ4v) is 5.16. The van der Waals surface area contributed by atoms with Gasteiger partial charge in [-0.25, -0.2) is 4.85 Å². The van der Waals surface area contributed by atoms with Crippen molar-refractivity contribution in [3.8, 4) is 5.75 Å².